The van der Waals surface area contributed by atoms with Gasteiger partial charge in [-0.3, -0.25) is 0 Å². The van der Waals surface area contributed by atoms with Gasteiger partial charge < -0.3 is 15.0 Å². The Labute approximate surface area is 104 Å². The van der Waals surface area contributed by atoms with Gasteiger partial charge in [0.2, 0.25) is 0 Å². The van der Waals surface area contributed by atoms with Crippen LogP contribution in [0.3, 0.4) is 0 Å². The molecule has 0 spiro atoms. The second-order valence-electron chi connectivity index (χ2n) is 4.69. The SMILES string of the molecule is CCc1cccc(NCC2CN(C)CCO2)c1. The Morgan fingerprint density at radius 1 is 1.47 bits per heavy atom. The van der Waals surface area contributed by atoms with Crippen molar-refractivity contribution in [3.8, 4) is 0 Å². The third-order valence-electron chi connectivity index (χ3n) is 3.21. The van der Waals surface area contributed by atoms with Crippen molar-refractivity contribution in [2.24, 2.45) is 0 Å². The summed E-state index contributed by atoms with van der Waals surface area (Å²) in [6.07, 6.45) is 1.39. The number of ether oxygens (including phenoxy) is 1. The molecule has 1 aromatic carbocycles. The van der Waals surface area contributed by atoms with Crippen LogP contribution in [0.1, 0.15) is 12.5 Å². The lowest BCUT2D eigenvalue weighted by Crippen LogP contribution is -2.43. The zero-order valence-electron chi connectivity index (χ0n) is 10.8. The van der Waals surface area contributed by atoms with Crippen molar-refractivity contribution in [2.75, 3.05) is 38.6 Å². The molecule has 1 aliphatic heterocycles. The third-order valence-corrected chi connectivity index (χ3v) is 3.21. The first-order valence-corrected chi connectivity index (χ1v) is 6.41. The molecule has 3 nitrogen and oxygen atoms in total. The molecule has 17 heavy (non-hydrogen) atoms. The van der Waals surface area contributed by atoms with Gasteiger partial charge >= 0.3 is 0 Å². The topological polar surface area (TPSA) is 24.5 Å². The molecule has 1 fully saturated rings. The lowest BCUT2D eigenvalue weighted by atomic mass is 10.1. The summed E-state index contributed by atoms with van der Waals surface area (Å²) in [5, 5.41) is 3.46. The Hall–Kier alpha value is -1.06. The summed E-state index contributed by atoms with van der Waals surface area (Å²) in [4.78, 5) is 2.32. The van der Waals surface area contributed by atoms with Gasteiger partial charge in [-0.1, -0.05) is 19.1 Å². The Morgan fingerprint density at radius 2 is 2.35 bits per heavy atom. The van der Waals surface area contributed by atoms with E-state index in [9.17, 15) is 0 Å². The zero-order chi connectivity index (χ0) is 12.1. The molecule has 0 radical (unpaired) electrons. The summed E-state index contributed by atoms with van der Waals surface area (Å²) in [6.45, 7) is 5.97. The van der Waals surface area contributed by atoms with Crippen molar-refractivity contribution in [3.05, 3.63) is 29.8 Å². The summed E-state index contributed by atoms with van der Waals surface area (Å²) in [7, 11) is 2.15. The molecule has 94 valence electrons. The van der Waals surface area contributed by atoms with E-state index in [1.54, 1.807) is 0 Å². The highest BCUT2D eigenvalue weighted by atomic mass is 16.5. The molecule has 0 aromatic heterocycles. The number of likely N-dealkylation sites (N-methyl/N-ethyl adjacent to an activating group) is 1. The van der Waals surface area contributed by atoms with Gasteiger partial charge in [-0.2, -0.15) is 0 Å². The standard InChI is InChI=1S/C14H22N2O/c1-3-12-5-4-6-13(9-12)15-10-14-11-16(2)7-8-17-14/h4-6,9,14-15H,3,7-8,10-11H2,1-2H3. The highest BCUT2D eigenvalue weighted by molar-refractivity contribution is 5.45. The predicted octanol–water partition coefficient (Wildman–Crippen LogP) is 1.99. The fraction of sp³-hybridized carbons (Fsp3) is 0.571. The maximum Gasteiger partial charge on any atom is 0.0874 e. The number of anilines is 1. The number of nitrogens with one attached hydrogen (secondary N) is 1. The third kappa shape index (κ3) is 3.72. The highest BCUT2D eigenvalue weighted by Gasteiger charge is 2.16. The normalized spacial score (nSPS) is 21.4. The molecule has 1 aromatic rings. The number of hydrogen-bond donors (Lipinski definition) is 1. The fourth-order valence-electron chi connectivity index (χ4n) is 2.12. The van der Waals surface area contributed by atoms with Gasteiger partial charge in [-0.15, -0.1) is 0 Å². The number of nitrogens with zero attached hydrogens (tertiary/aromatic N) is 1. The molecular formula is C14H22N2O. The largest absolute Gasteiger partial charge is 0.382 e. The first kappa shape index (κ1) is 12.4. The van der Waals surface area contributed by atoms with E-state index in [0.717, 1.165) is 32.7 Å². The maximum atomic E-state index is 5.72. The monoisotopic (exact) mass is 234 g/mol. The van der Waals surface area contributed by atoms with E-state index >= 15 is 0 Å². The van der Waals surface area contributed by atoms with Gasteiger partial charge in [0.05, 0.1) is 12.7 Å². The van der Waals surface area contributed by atoms with E-state index in [-0.39, 0.29) is 0 Å². The summed E-state index contributed by atoms with van der Waals surface area (Å²) >= 11 is 0. The van der Waals surface area contributed by atoms with Gasteiger partial charge in [0.15, 0.2) is 0 Å². The Balaban J connectivity index is 1.84. The molecule has 0 amide bonds. The minimum Gasteiger partial charge on any atom is -0.382 e. The number of rotatable bonds is 4. The number of aryl methyl sites for hydroxylation is 1. The van der Waals surface area contributed by atoms with Gasteiger partial charge in [0.1, 0.15) is 0 Å². The lowest BCUT2D eigenvalue weighted by molar-refractivity contribution is -0.0117. The van der Waals surface area contributed by atoms with E-state index in [1.165, 1.54) is 11.3 Å². The van der Waals surface area contributed by atoms with Gasteiger partial charge in [-0.05, 0) is 31.2 Å². The predicted molar refractivity (Wildman–Crippen MR) is 71.5 cm³/mol. The zero-order valence-corrected chi connectivity index (χ0v) is 10.8. The average Bonchev–Trinajstić information content (AvgIpc) is 2.37. The van der Waals surface area contributed by atoms with Crippen LogP contribution in [0.15, 0.2) is 24.3 Å². The Morgan fingerprint density at radius 3 is 3.12 bits per heavy atom. The van der Waals surface area contributed by atoms with E-state index in [1.807, 2.05) is 0 Å². The first-order chi connectivity index (χ1) is 8.28. The van der Waals surface area contributed by atoms with Crippen molar-refractivity contribution in [2.45, 2.75) is 19.4 Å². The van der Waals surface area contributed by atoms with Crippen LogP contribution in [-0.2, 0) is 11.2 Å². The minimum absolute atomic E-state index is 0.305. The number of benzene rings is 1. The Kier molecular flexibility index (Phi) is 4.40. The van der Waals surface area contributed by atoms with E-state index < -0.39 is 0 Å². The highest BCUT2D eigenvalue weighted by Crippen LogP contribution is 2.12. The Bertz CT molecular complexity index is 354. The molecule has 1 atom stereocenters. The van der Waals surface area contributed by atoms with Crippen LogP contribution in [0, 0.1) is 0 Å². The van der Waals surface area contributed by atoms with Crippen molar-refractivity contribution < 1.29 is 4.74 Å². The quantitative estimate of drug-likeness (QED) is 0.862. The summed E-state index contributed by atoms with van der Waals surface area (Å²) in [5.41, 5.74) is 2.57. The van der Waals surface area contributed by atoms with E-state index in [2.05, 4.69) is 48.5 Å². The van der Waals surface area contributed by atoms with Crippen molar-refractivity contribution in [3.63, 3.8) is 0 Å². The molecule has 1 N–H and O–H groups in total. The molecule has 0 saturated carbocycles. The van der Waals surface area contributed by atoms with Gasteiger partial charge in [0.25, 0.3) is 0 Å². The minimum atomic E-state index is 0.305. The summed E-state index contributed by atoms with van der Waals surface area (Å²) in [5.74, 6) is 0. The number of morpholine rings is 1. The number of hydrogen-bond acceptors (Lipinski definition) is 3. The van der Waals surface area contributed by atoms with Crippen LogP contribution in [0.4, 0.5) is 5.69 Å². The first-order valence-electron chi connectivity index (χ1n) is 6.41. The van der Waals surface area contributed by atoms with E-state index in [4.69, 9.17) is 4.74 Å². The molecular weight excluding hydrogens is 212 g/mol. The van der Waals surface area contributed by atoms with Crippen LogP contribution in [0.25, 0.3) is 0 Å². The molecule has 0 bridgehead atoms. The fourth-order valence-corrected chi connectivity index (χ4v) is 2.12. The second kappa shape index (κ2) is 6.03. The molecule has 1 aliphatic rings. The van der Waals surface area contributed by atoms with Crippen LogP contribution >= 0.6 is 0 Å². The van der Waals surface area contributed by atoms with Crippen molar-refractivity contribution in [1.82, 2.24) is 4.90 Å². The second-order valence-corrected chi connectivity index (χ2v) is 4.69. The van der Waals surface area contributed by atoms with Crippen molar-refractivity contribution >= 4 is 5.69 Å². The van der Waals surface area contributed by atoms with Crippen LogP contribution < -0.4 is 5.32 Å². The average molecular weight is 234 g/mol. The van der Waals surface area contributed by atoms with Crippen molar-refractivity contribution in [1.29, 1.82) is 0 Å². The smallest absolute Gasteiger partial charge is 0.0874 e. The van der Waals surface area contributed by atoms with Crippen LogP contribution in [0.5, 0.6) is 0 Å². The molecule has 1 heterocycles. The lowest BCUT2D eigenvalue weighted by Gasteiger charge is -2.30. The van der Waals surface area contributed by atoms with Crippen LogP contribution in [-0.4, -0.2) is 44.3 Å². The van der Waals surface area contributed by atoms with Gasteiger partial charge in [0, 0.05) is 25.3 Å². The summed E-state index contributed by atoms with van der Waals surface area (Å²) < 4.78 is 5.72. The van der Waals surface area contributed by atoms with Gasteiger partial charge in [-0.25, -0.2) is 0 Å². The summed E-state index contributed by atoms with van der Waals surface area (Å²) in [6, 6.07) is 8.60. The molecule has 1 saturated heterocycles. The van der Waals surface area contributed by atoms with E-state index in [0.29, 0.717) is 6.10 Å². The molecule has 1 unspecified atom stereocenters. The molecule has 3 heteroatoms. The van der Waals surface area contributed by atoms with Crippen LogP contribution in [0.2, 0.25) is 0 Å². The molecule has 0 aliphatic carbocycles. The maximum absolute atomic E-state index is 5.72. The molecule has 2 rings (SSSR count).